The first kappa shape index (κ1) is 18.0. The number of thiophene rings is 1. The summed E-state index contributed by atoms with van der Waals surface area (Å²) in [4.78, 5) is 28.9. The molecule has 5 nitrogen and oxygen atoms in total. The highest BCUT2D eigenvalue weighted by Crippen LogP contribution is 2.36. The number of nitrogens with one attached hydrogen (secondary N) is 2. The molecule has 2 aromatic rings. The number of nitrogens with zero attached hydrogens (tertiary/aromatic N) is 1. The van der Waals surface area contributed by atoms with Crippen molar-refractivity contribution in [2.24, 2.45) is 0 Å². The fraction of sp³-hybridized carbons (Fsp3) is 0.333. The first-order valence-electron chi connectivity index (χ1n) is 8.07. The van der Waals surface area contributed by atoms with E-state index in [1.54, 1.807) is 11.3 Å². The van der Waals surface area contributed by atoms with Crippen LogP contribution < -0.4 is 10.6 Å². The van der Waals surface area contributed by atoms with Crippen LogP contribution in [-0.2, 0) is 9.59 Å². The zero-order chi connectivity index (χ0) is 17.8. The van der Waals surface area contributed by atoms with Gasteiger partial charge in [-0.15, -0.1) is 23.1 Å². The van der Waals surface area contributed by atoms with Crippen molar-refractivity contribution in [2.45, 2.75) is 22.6 Å². The van der Waals surface area contributed by atoms with E-state index < -0.39 is 5.25 Å². The number of hydrogen-bond acceptors (Lipinski definition) is 5. The molecule has 1 aromatic carbocycles. The first-order valence-corrected chi connectivity index (χ1v) is 9.83. The number of likely N-dealkylation sites (N-methyl/N-ethyl adjacent to an activating group) is 1. The summed E-state index contributed by atoms with van der Waals surface area (Å²) in [6, 6.07) is 11.9. The van der Waals surface area contributed by atoms with Crippen molar-refractivity contribution < 1.29 is 9.59 Å². The molecule has 0 radical (unpaired) electrons. The fourth-order valence-corrected chi connectivity index (χ4v) is 4.73. The minimum absolute atomic E-state index is 0.101. The van der Waals surface area contributed by atoms with Crippen LogP contribution in [0.25, 0.3) is 0 Å². The Hall–Kier alpha value is -1.83. The van der Waals surface area contributed by atoms with Crippen LogP contribution in [0.4, 0.5) is 5.69 Å². The molecule has 0 fully saturated rings. The van der Waals surface area contributed by atoms with Gasteiger partial charge in [0, 0.05) is 22.7 Å². The number of fused-ring (bicyclic) bond motifs is 1. The van der Waals surface area contributed by atoms with E-state index in [9.17, 15) is 9.59 Å². The number of thioether (sulfide) groups is 1. The topological polar surface area (TPSA) is 61.4 Å². The largest absolute Gasteiger partial charge is 0.354 e. The van der Waals surface area contributed by atoms with Gasteiger partial charge in [0.05, 0.1) is 17.0 Å². The number of benzene rings is 1. The highest BCUT2D eigenvalue weighted by atomic mass is 32.2. The van der Waals surface area contributed by atoms with Gasteiger partial charge in [-0.2, -0.15) is 0 Å². The molecule has 0 unspecified atom stereocenters. The SMILES string of the molecule is CN(C)[C@@H](CNC(=O)C[C@H]1Sc2ccccc2NC1=O)c1cccs1. The van der Waals surface area contributed by atoms with Crippen LogP contribution in [0.1, 0.15) is 17.3 Å². The second-order valence-electron chi connectivity index (χ2n) is 6.09. The standard InChI is InChI=1S/C18H21N3O2S2/c1-21(2)13(15-8-5-9-24-15)11-19-17(22)10-16-18(23)20-12-6-3-4-7-14(12)25-16/h3-9,13,16H,10-11H2,1-2H3,(H,19,22)(H,20,23)/t13-,16+/m0/s1. The molecule has 2 heterocycles. The van der Waals surface area contributed by atoms with Crippen LogP contribution >= 0.6 is 23.1 Å². The molecule has 2 amide bonds. The maximum absolute atomic E-state index is 12.3. The van der Waals surface area contributed by atoms with E-state index in [2.05, 4.69) is 21.6 Å². The Morgan fingerprint density at radius 1 is 1.28 bits per heavy atom. The summed E-state index contributed by atoms with van der Waals surface area (Å²) in [6.07, 6.45) is 0.176. The Kier molecular flexibility index (Phi) is 5.78. The van der Waals surface area contributed by atoms with Crippen LogP contribution in [0.5, 0.6) is 0 Å². The van der Waals surface area contributed by atoms with Gasteiger partial charge in [-0.05, 0) is 37.7 Å². The molecule has 2 N–H and O–H groups in total. The molecular formula is C18H21N3O2S2. The van der Waals surface area contributed by atoms with Crippen molar-refractivity contribution in [2.75, 3.05) is 26.0 Å². The number of para-hydroxylation sites is 1. The van der Waals surface area contributed by atoms with Gasteiger partial charge >= 0.3 is 0 Å². The molecule has 0 saturated carbocycles. The number of anilines is 1. The molecular weight excluding hydrogens is 354 g/mol. The lowest BCUT2D eigenvalue weighted by Gasteiger charge is -2.25. The summed E-state index contributed by atoms with van der Waals surface area (Å²) < 4.78 is 0. The van der Waals surface area contributed by atoms with Crippen LogP contribution in [0.2, 0.25) is 0 Å². The normalized spacial score (nSPS) is 17.7. The molecule has 0 spiro atoms. The van der Waals surface area contributed by atoms with Crippen molar-refractivity contribution in [3.63, 3.8) is 0 Å². The third-order valence-electron chi connectivity index (χ3n) is 4.06. The van der Waals surface area contributed by atoms with Crippen molar-refractivity contribution in [3.05, 3.63) is 46.7 Å². The lowest BCUT2D eigenvalue weighted by Crippen LogP contribution is -2.38. The van der Waals surface area contributed by atoms with Crippen LogP contribution in [0, 0.1) is 0 Å². The highest BCUT2D eigenvalue weighted by molar-refractivity contribution is 8.01. The summed E-state index contributed by atoms with van der Waals surface area (Å²) in [7, 11) is 4.00. The minimum Gasteiger partial charge on any atom is -0.354 e. The monoisotopic (exact) mass is 375 g/mol. The molecule has 0 saturated heterocycles. The van der Waals surface area contributed by atoms with Gasteiger partial charge in [-0.25, -0.2) is 0 Å². The summed E-state index contributed by atoms with van der Waals surface area (Å²) in [5.74, 6) is -0.211. The predicted octanol–water partition coefficient (Wildman–Crippen LogP) is 2.97. The Morgan fingerprint density at radius 3 is 2.80 bits per heavy atom. The second kappa shape index (κ2) is 8.03. The zero-order valence-corrected chi connectivity index (χ0v) is 15.8. The Labute approximate surface area is 155 Å². The molecule has 1 aliphatic heterocycles. The van der Waals surface area contributed by atoms with Gasteiger partial charge < -0.3 is 15.5 Å². The smallest absolute Gasteiger partial charge is 0.238 e. The fourth-order valence-electron chi connectivity index (χ4n) is 2.70. The van der Waals surface area contributed by atoms with Crippen LogP contribution in [-0.4, -0.2) is 42.6 Å². The van der Waals surface area contributed by atoms with Crippen LogP contribution in [0.15, 0.2) is 46.7 Å². The molecule has 0 aliphatic carbocycles. The van der Waals surface area contributed by atoms with E-state index in [0.717, 1.165) is 10.6 Å². The molecule has 2 atom stereocenters. The number of carbonyl (C=O) groups is 2. The van der Waals surface area contributed by atoms with E-state index in [4.69, 9.17) is 0 Å². The lowest BCUT2D eigenvalue weighted by atomic mass is 10.2. The van der Waals surface area contributed by atoms with E-state index in [-0.39, 0.29) is 24.3 Å². The quantitative estimate of drug-likeness (QED) is 0.815. The van der Waals surface area contributed by atoms with Crippen LogP contribution in [0.3, 0.4) is 0 Å². The van der Waals surface area contributed by atoms with E-state index >= 15 is 0 Å². The molecule has 1 aromatic heterocycles. The van der Waals surface area contributed by atoms with Crippen molar-refractivity contribution >= 4 is 40.6 Å². The molecule has 7 heteroatoms. The number of rotatable bonds is 6. The number of carbonyl (C=O) groups excluding carboxylic acids is 2. The third kappa shape index (κ3) is 4.42. The predicted molar refractivity (Wildman–Crippen MR) is 103 cm³/mol. The second-order valence-corrected chi connectivity index (χ2v) is 8.32. The van der Waals surface area contributed by atoms with Crippen molar-refractivity contribution in [1.29, 1.82) is 0 Å². The first-order chi connectivity index (χ1) is 12.0. The van der Waals surface area contributed by atoms with Gasteiger partial charge in [0.25, 0.3) is 0 Å². The molecule has 1 aliphatic rings. The number of amides is 2. The van der Waals surface area contributed by atoms with E-state index in [1.807, 2.05) is 49.8 Å². The van der Waals surface area contributed by atoms with Gasteiger partial charge in [-0.3, -0.25) is 9.59 Å². The van der Waals surface area contributed by atoms with Gasteiger partial charge in [0.1, 0.15) is 0 Å². The Morgan fingerprint density at radius 2 is 2.08 bits per heavy atom. The summed E-state index contributed by atoms with van der Waals surface area (Å²) in [5.41, 5.74) is 0.819. The van der Waals surface area contributed by atoms with E-state index in [0.29, 0.717) is 6.54 Å². The molecule has 132 valence electrons. The maximum Gasteiger partial charge on any atom is 0.238 e. The highest BCUT2D eigenvalue weighted by Gasteiger charge is 2.29. The molecule has 3 rings (SSSR count). The third-order valence-corrected chi connectivity index (χ3v) is 6.31. The lowest BCUT2D eigenvalue weighted by molar-refractivity contribution is -0.124. The molecule has 25 heavy (non-hydrogen) atoms. The summed E-state index contributed by atoms with van der Waals surface area (Å²) in [6.45, 7) is 0.530. The molecule has 0 bridgehead atoms. The number of hydrogen-bond donors (Lipinski definition) is 2. The maximum atomic E-state index is 12.3. The Bertz CT molecular complexity index is 747. The van der Waals surface area contributed by atoms with E-state index in [1.165, 1.54) is 16.6 Å². The summed E-state index contributed by atoms with van der Waals surface area (Å²) in [5, 5.41) is 7.49. The Balaban J connectivity index is 1.57. The minimum atomic E-state index is -0.394. The van der Waals surface area contributed by atoms with Gasteiger partial charge in [0.2, 0.25) is 11.8 Å². The van der Waals surface area contributed by atoms with Crippen molar-refractivity contribution in [1.82, 2.24) is 10.2 Å². The average Bonchev–Trinajstić information content (AvgIpc) is 3.09. The van der Waals surface area contributed by atoms with Gasteiger partial charge in [0.15, 0.2) is 0 Å². The van der Waals surface area contributed by atoms with Crippen molar-refractivity contribution in [3.8, 4) is 0 Å². The summed E-state index contributed by atoms with van der Waals surface area (Å²) >= 11 is 3.13. The average molecular weight is 376 g/mol. The zero-order valence-electron chi connectivity index (χ0n) is 14.2. The van der Waals surface area contributed by atoms with Gasteiger partial charge in [-0.1, -0.05) is 18.2 Å².